The van der Waals surface area contributed by atoms with Crippen molar-refractivity contribution < 1.29 is 19.0 Å². The lowest BCUT2D eigenvalue weighted by Gasteiger charge is -2.31. The third-order valence-corrected chi connectivity index (χ3v) is 5.92. The molecule has 0 bridgehead atoms. The maximum Gasteiger partial charge on any atom is 0.205 e. The predicted octanol–water partition coefficient (Wildman–Crippen LogP) is 5.13. The molecule has 7 heteroatoms. The molecule has 2 aliphatic rings. The maximum atomic E-state index is 12.8. The summed E-state index contributed by atoms with van der Waals surface area (Å²) in [6.07, 6.45) is 1.75. The summed E-state index contributed by atoms with van der Waals surface area (Å²) in [5.41, 5.74) is 8.36. The van der Waals surface area contributed by atoms with Gasteiger partial charge in [0.1, 0.15) is 24.0 Å². The smallest absolute Gasteiger partial charge is 0.205 e. The van der Waals surface area contributed by atoms with E-state index >= 15 is 0 Å². The highest BCUT2D eigenvalue weighted by Crippen LogP contribution is 2.45. The topological polar surface area (TPSA) is 94.6 Å². The minimum absolute atomic E-state index is 0.0199. The number of benzene rings is 2. The fourth-order valence-corrected chi connectivity index (χ4v) is 4.24. The van der Waals surface area contributed by atoms with E-state index in [4.69, 9.17) is 31.5 Å². The van der Waals surface area contributed by atoms with Crippen molar-refractivity contribution in [3.8, 4) is 17.6 Å². The van der Waals surface area contributed by atoms with Gasteiger partial charge in [0.15, 0.2) is 17.3 Å². The van der Waals surface area contributed by atoms with Crippen LogP contribution < -0.4 is 15.2 Å². The molecular weight excluding hydrogens is 428 g/mol. The van der Waals surface area contributed by atoms with E-state index < -0.39 is 5.92 Å². The quantitative estimate of drug-likeness (QED) is 0.655. The monoisotopic (exact) mass is 450 g/mol. The largest absolute Gasteiger partial charge is 0.490 e. The van der Waals surface area contributed by atoms with Gasteiger partial charge >= 0.3 is 0 Å². The number of rotatable bonds is 6. The highest BCUT2D eigenvalue weighted by Gasteiger charge is 2.38. The third-order valence-electron chi connectivity index (χ3n) is 5.55. The summed E-state index contributed by atoms with van der Waals surface area (Å²) in [7, 11) is 0. The first kappa shape index (κ1) is 21.8. The zero-order valence-corrected chi connectivity index (χ0v) is 18.4. The molecule has 164 valence electrons. The average molecular weight is 451 g/mol. The van der Waals surface area contributed by atoms with Crippen LogP contribution in [0.25, 0.3) is 0 Å². The van der Waals surface area contributed by atoms with Crippen molar-refractivity contribution in [1.82, 2.24) is 0 Å². The first-order valence-corrected chi connectivity index (χ1v) is 10.9. The number of carbonyl (C=O) groups excluding carboxylic acids is 1. The van der Waals surface area contributed by atoms with Crippen LogP contribution in [0.1, 0.15) is 43.2 Å². The summed E-state index contributed by atoms with van der Waals surface area (Å²) in [5.74, 6) is 1.05. The fraction of sp³-hybridized carbons (Fsp3) is 0.280. The molecule has 0 amide bonds. The van der Waals surface area contributed by atoms with Gasteiger partial charge in [-0.15, -0.1) is 0 Å². The summed E-state index contributed by atoms with van der Waals surface area (Å²) in [6.45, 7) is 2.58. The highest BCUT2D eigenvalue weighted by atomic mass is 35.5. The van der Waals surface area contributed by atoms with Gasteiger partial charge in [-0.25, -0.2) is 0 Å². The molecule has 0 saturated carbocycles. The van der Waals surface area contributed by atoms with Gasteiger partial charge in [0, 0.05) is 29.0 Å². The summed E-state index contributed by atoms with van der Waals surface area (Å²) >= 11 is 6.23. The zero-order chi connectivity index (χ0) is 22.7. The van der Waals surface area contributed by atoms with E-state index in [1.807, 2.05) is 37.3 Å². The van der Waals surface area contributed by atoms with Crippen LogP contribution >= 0.6 is 11.6 Å². The molecule has 0 aromatic heterocycles. The molecule has 32 heavy (non-hydrogen) atoms. The molecule has 2 aromatic carbocycles. The Hall–Kier alpha value is -3.43. The predicted molar refractivity (Wildman–Crippen MR) is 120 cm³/mol. The Balaban J connectivity index is 1.71. The van der Waals surface area contributed by atoms with E-state index in [0.717, 1.165) is 11.1 Å². The number of ether oxygens (including phenoxy) is 3. The standard InChI is InChI=1S/C25H23ClN2O4/c1-2-30-22-12-15(10-11-20(22)31-14-16-6-3-4-7-18(16)26)23-17(13-27)25(28)32-21-9-5-8-19(29)24(21)23/h3-4,6-7,10-12,23H,2,5,8-9,14,28H2,1H3. The fourth-order valence-electron chi connectivity index (χ4n) is 4.05. The zero-order valence-electron chi connectivity index (χ0n) is 17.7. The van der Waals surface area contributed by atoms with Crippen molar-refractivity contribution >= 4 is 17.4 Å². The molecule has 2 aromatic rings. The van der Waals surface area contributed by atoms with Gasteiger partial charge in [-0.2, -0.15) is 5.26 Å². The lowest BCUT2D eigenvalue weighted by Crippen LogP contribution is -2.27. The van der Waals surface area contributed by atoms with Gasteiger partial charge in [-0.1, -0.05) is 35.9 Å². The Morgan fingerprint density at radius 3 is 2.75 bits per heavy atom. The molecule has 1 heterocycles. The van der Waals surface area contributed by atoms with Gasteiger partial charge in [0.05, 0.1) is 12.5 Å². The van der Waals surface area contributed by atoms with Crippen LogP contribution in [-0.2, 0) is 16.1 Å². The van der Waals surface area contributed by atoms with E-state index in [-0.39, 0.29) is 23.8 Å². The number of halogens is 1. The van der Waals surface area contributed by atoms with Gasteiger partial charge in [-0.3, -0.25) is 4.79 Å². The van der Waals surface area contributed by atoms with Crippen molar-refractivity contribution in [2.75, 3.05) is 6.61 Å². The lowest BCUT2D eigenvalue weighted by molar-refractivity contribution is -0.116. The molecule has 4 rings (SSSR count). The molecule has 1 atom stereocenters. The third kappa shape index (κ3) is 4.17. The van der Waals surface area contributed by atoms with Crippen LogP contribution in [0.2, 0.25) is 5.02 Å². The van der Waals surface area contributed by atoms with Crippen LogP contribution in [0, 0.1) is 11.3 Å². The molecule has 1 unspecified atom stereocenters. The first-order valence-electron chi connectivity index (χ1n) is 10.5. The van der Waals surface area contributed by atoms with E-state index in [1.54, 1.807) is 12.1 Å². The number of nitriles is 1. The second-order valence-corrected chi connectivity index (χ2v) is 7.96. The Morgan fingerprint density at radius 1 is 1.19 bits per heavy atom. The molecule has 0 fully saturated rings. The number of carbonyl (C=O) groups is 1. The summed E-state index contributed by atoms with van der Waals surface area (Å²) in [6, 6.07) is 15.0. The molecule has 0 saturated heterocycles. The molecule has 0 radical (unpaired) electrons. The molecule has 6 nitrogen and oxygen atoms in total. The van der Waals surface area contributed by atoms with Crippen LogP contribution in [-0.4, -0.2) is 12.4 Å². The van der Waals surface area contributed by atoms with Crippen LogP contribution in [0.5, 0.6) is 11.5 Å². The van der Waals surface area contributed by atoms with Crippen molar-refractivity contribution in [3.05, 3.63) is 81.4 Å². The number of nitrogens with zero attached hydrogens (tertiary/aromatic N) is 1. The Morgan fingerprint density at radius 2 is 2.00 bits per heavy atom. The van der Waals surface area contributed by atoms with Crippen molar-refractivity contribution in [1.29, 1.82) is 5.26 Å². The Kier molecular flexibility index (Phi) is 6.38. The Bertz CT molecular complexity index is 1160. The SMILES string of the molecule is CCOc1cc(C2C(C#N)=C(N)OC3=C2C(=O)CCC3)ccc1OCc1ccccc1Cl. The molecule has 0 spiro atoms. The van der Waals surface area contributed by atoms with E-state index in [9.17, 15) is 10.1 Å². The van der Waals surface area contributed by atoms with Gasteiger partial charge in [0.25, 0.3) is 0 Å². The summed E-state index contributed by atoms with van der Waals surface area (Å²) < 4.78 is 17.5. The van der Waals surface area contributed by atoms with Crippen molar-refractivity contribution in [3.63, 3.8) is 0 Å². The maximum absolute atomic E-state index is 12.8. The highest BCUT2D eigenvalue weighted by molar-refractivity contribution is 6.31. The minimum Gasteiger partial charge on any atom is -0.490 e. The van der Waals surface area contributed by atoms with Crippen molar-refractivity contribution in [2.24, 2.45) is 5.73 Å². The second kappa shape index (κ2) is 9.37. The van der Waals surface area contributed by atoms with Crippen LogP contribution in [0.4, 0.5) is 0 Å². The van der Waals surface area contributed by atoms with Gasteiger partial charge in [0.2, 0.25) is 5.88 Å². The van der Waals surface area contributed by atoms with Crippen molar-refractivity contribution in [2.45, 2.75) is 38.7 Å². The number of hydrogen-bond acceptors (Lipinski definition) is 6. The van der Waals surface area contributed by atoms with Gasteiger partial charge < -0.3 is 19.9 Å². The number of ketones is 1. The molecule has 1 aliphatic carbocycles. The van der Waals surface area contributed by atoms with E-state index in [1.165, 1.54) is 0 Å². The molecule has 2 N–H and O–H groups in total. The summed E-state index contributed by atoms with van der Waals surface area (Å²) in [4.78, 5) is 12.8. The number of allylic oxidation sites excluding steroid dienone is 3. The van der Waals surface area contributed by atoms with Crippen LogP contribution in [0.15, 0.2) is 65.3 Å². The number of nitrogens with two attached hydrogens (primary N) is 1. The van der Waals surface area contributed by atoms with Crippen LogP contribution in [0.3, 0.4) is 0 Å². The molecular formula is C25H23ClN2O4. The van der Waals surface area contributed by atoms with E-state index in [0.29, 0.717) is 53.7 Å². The van der Waals surface area contributed by atoms with Gasteiger partial charge in [-0.05, 0) is 37.1 Å². The number of hydrogen-bond donors (Lipinski definition) is 1. The first-order chi connectivity index (χ1) is 15.5. The Labute approximate surface area is 191 Å². The molecule has 1 aliphatic heterocycles. The summed E-state index contributed by atoms with van der Waals surface area (Å²) in [5, 5.41) is 10.4. The lowest BCUT2D eigenvalue weighted by atomic mass is 9.77. The normalized spacial score (nSPS) is 18.0. The van der Waals surface area contributed by atoms with E-state index in [2.05, 4.69) is 6.07 Å². The average Bonchev–Trinajstić information content (AvgIpc) is 2.78. The second-order valence-electron chi connectivity index (χ2n) is 7.56. The minimum atomic E-state index is -0.589. The number of Topliss-reactive ketones (excluding diaryl/α,β-unsaturated/α-hetero) is 1.